The molecule has 1 aromatic heterocycles. The highest BCUT2D eigenvalue weighted by molar-refractivity contribution is 9.11. The van der Waals surface area contributed by atoms with Crippen LogP contribution < -0.4 is 20.7 Å². The fraction of sp³-hybridized carbons (Fsp3) is 0.231. The van der Waals surface area contributed by atoms with Crippen molar-refractivity contribution in [3.05, 3.63) is 38.7 Å². The van der Waals surface area contributed by atoms with E-state index in [2.05, 4.69) is 47.3 Å². The smallest absolute Gasteiger partial charge is 0.168 e. The quantitative estimate of drug-likeness (QED) is 0.574. The molecule has 0 bridgehead atoms. The van der Waals surface area contributed by atoms with Crippen molar-refractivity contribution >= 4 is 37.7 Å². The number of nitrogens with one attached hydrogen (secondary N) is 1. The summed E-state index contributed by atoms with van der Waals surface area (Å²) in [5, 5.41) is 0. The number of ether oxygens (including phenoxy) is 2. The van der Waals surface area contributed by atoms with Gasteiger partial charge in [-0.3, -0.25) is 0 Å². The first kappa shape index (κ1) is 16.0. The van der Waals surface area contributed by atoms with Crippen LogP contribution in [-0.4, -0.2) is 17.1 Å². The van der Waals surface area contributed by atoms with Crippen LogP contribution in [0.2, 0.25) is 0 Å². The van der Waals surface area contributed by atoms with Crippen molar-refractivity contribution in [1.82, 2.24) is 9.97 Å². The number of nitrogens with zero attached hydrogens (tertiary/aromatic N) is 2. The SMILES string of the molecule is COc1cc(Br)c(OCc2nc(C)cc(NN)n2)cc1Br. The number of hydrogen-bond donors (Lipinski definition) is 2. The van der Waals surface area contributed by atoms with Crippen LogP contribution in [0.15, 0.2) is 27.1 Å². The van der Waals surface area contributed by atoms with Crippen LogP contribution in [0.1, 0.15) is 11.5 Å². The summed E-state index contributed by atoms with van der Waals surface area (Å²) in [5.41, 5.74) is 3.31. The first-order chi connectivity index (χ1) is 10.0. The zero-order valence-corrected chi connectivity index (χ0v) is 14.7. The molecular formula is C13H14Br2N4O2. The highest BCUT2D eigenvalue weighted by Crippen LogP contribution is 2.36. The van der Waals surface area contributed by atoms with Gasteiger partial charge in [0, 0.05) is 11.8 Å². The molecule has 1 heterocycles. The molecule has 0 aliphatic rings. The Bertz CT molecular complexity index is 652. The lowest BCUT2D eigenvalue weighted by Crippen LogP contribution is -2.12. The van der Waals surface area contributed by atoms with Gasteiger partial charge in [0.1, 0.15) is 23.9 Å². The average molecular weight is 418 g/mol. The Hall–Kier alpha value is -1.38. The first-order valence-electron chi connectivity index (χ1n) is 6.00. The number of hydrogen-bond acceptors (Lipinski definition) is 6. The first-order valence-corrected chi connectivity index (χ1v) is 7.59. The van der Waals surface area contributed by atoms with Crippen molar-refractivity contribution in [1.29, 1.82) is 0 Å². The third kappa shape index (κ3) is 4.05. The maximum absolute atomic E-state index is 5.73. The number of hydrazine groups is 1. The summed E-state index contributed by atoms with van der Waals surface area (Å²) in [6.45, 7) is 2.10. The summed E-state index contributed by atoms with van der Waals surface area (Å²) in [6, 6.07) is 5.40. The molecule has 21 heavy (non-hydrogen) atoms. The Morgan fingerprint density at radius 2 is 1.81 bits per heavy atom. The second-order valence-corrected chi connectivity index (χ2v) is 5.87. The molecule has 0 radical (unpaired) electrons. The number of methoxy groups -OCH3 is 1. The van der Waals surface area contributed by atoms with Crippen molar-refractivity contribution in [2.75, 3.05) is 12.5 Å². The van der Waals surface area contributed by atoms with Crippen molar-refractivity contribution in [2.24, 2.45) is 5.84 Å². The Kier molecular flexibility index (Phi) is 5.38. The Labute approximate surface area is 139 Å². The predicted octanol–water partition coefficient (Wildman–Crippen LogP) is 3.18. The van der Waals surface area contributed by atoms with E-state index >= 15 is 0 Å². The monoisotopic (exact) mass is 416 g/mol. The van der Waals surface area contributed by atoms with E-state index in [0.717, 1.165) is 20.4 Å². The van der Waals surface area contributed by atoms with Crippen LogP contribution >= 0.6 is 31.9 Å². The molecule has 8 heteroatoms. The van der Waals surface area contributed by atoms with Crippen molar-refractivity contribution in [2.45, 2.75) is 13.5 Å². The van der Waals surface area contributed by atoms with Gasteiger partial charge in [0.05, 0.1) is 16.1 Å². The lowest BCUT2D eigenvalue weighted by atomic mass is 10.3. The lowest BCUT2D eigenvalue weighted by Gasteiger charge is -2.11. The number of halogens is 2. The van der Waals surface area contributed by atoms with Gasteiger partial charge in [0.2, 0.25) is 0 Å². The van der Waals surface area contributed by atoms with Crippen LogP contribution in [0.4, 0.5) is 5.82 Å². The Morgan fingerprint density at radius 3 is 2.48 bits per heavy atom. The number of aryl methyl sites for hydroxylation is 1. The Morgan fingerprint density at radius 1 is 1.14 bits per heavy atom. The predicted molar refractivity (Wildman–Crippen MR) is 87.3 cm³/mol. The van der Waals surface area contributed by atoms with Gasteiger partial charge in [0.15, 0.2) is 5.82 Å². The summed E-state index contributed by atoms with van der Waals surface area (Å²) in [6.07, 6.45) is 0. The minimum absolute atomic E-state index is 0.230. The minimum atomic E-state index is 0.230. The number of rotatable bonds is 5. The molecule has 2 rings (SSSR count). The Balaban J connectivity index is 2.16. The van der Waals surface area contributed by atoms with E-state index in [1.807, 2.05) is 19.1 Å². The van der Waals surface area contributed by atoms with E-state index in [-0.39, 0.29) is 6.61 Å². The summed E-state index contributed by atoms with van der Waals surface area (Å²) in [5.74, 6) is 7.84. The molecule has 0 spiro atoms. The standard InChI is InChI=1S/C13H14Br2N4O2/c1-7-3-12(19-16)18-13(17-7)6-21-11-5-8(14)10(20-2)4-9(11)15/h3-5H,6,16H2,1-2H3,(H,17,18,19). The average Bonchev–Trinajstić information content (AvgIpc) is 2.47. The largest absolute Gasteiger partial charge is 0.496 e. The topological polar surface area (TPSA) is 82.3 Å². The van der Waals surface area contributed by atoms with Crippen LogP contribution in [0.25, 0.3) is 0 Å². The molecule has 1 aromatic carbocycles. The number of nitrogens with two attached hydrogens (primary N) is 1. The maximum atomic E-state index is 5.73. The highest BCUT2D eigenvalue weighted by atomic mass is 79.9. The minimum Gasteiger partial charge on any atom is -0.496 e. The van der Waals surface area contributed by atoms with Crippen LogP contribution in [0.5, 0.6) is 11.5 Å². The second-order valence-electron chi connectivity index (χ2n) is 4.16. The van der Waals surface area contributed by atoms with Crippen LogP contribution in [0.3, 0.4) is 0 Å². The molecular weight excluding hydrogens is 404 g/mol. The van der Waals surface area contributed by atoms with E-state index < -0.39 is 0 Å². The van der Waals surface area contributed by atoms with Crippen molar-refractivity contribution in [3.8, 4) is 11.5 Å². The lowest BCUT2D eigenvalue weighted by molar-refractivity contribution is 0.293. The molecule has 3 N–H and O–H groups in total. The molecule has 0 saturated carbocycles. The fourth-order valence-electron chi connectivity index (χ4n) is 1.69. The second kappa shape index (κ2) is 7.06. The zero-order valence-electron chi connectivity index (χ0n) is 11.5. The molecule has 0 saturated heterocycles. The molecule has 112 valence electrons. The zero-order chi connectivity index (χ0) is 15.4. The summed E-state index contributed by atoms with van der Waals surface area (Å²) in [4.78, 5) is 8.53. The fourth-order valence-corrected chi connectivity index (χ4v) is 2.61. The van der Waals surface area contributed by atoms with Crippen molar-refractivity contribution in [3.63, 3.8) is 0 Å². The third-order valence-electron chi connectivity index (χ3n) is 2.61. The van der Waals surface area contributed by atoms with Gasteiger partial charge in [-0.1, -0.05) is 0 Å². The van der Waals surface area contributed by atoms with Gasteiger partial charge in [0.25, 0.3) is 0 Å². The van der Waals surface area contributed by atoms with E-state index in [1.165, 1.54) is 0 Å². The summed E-state index contributed by atoms with van der Waals surface area (Å²) < 4.78 is 12.5. The molecule has 0 unspecified atom stereocenters. The van der Waals surface area contributed by atoms with Crippen LogP contribution in [-0.2, 0) is 6.61 Å². The number of benzene rings is 1. The maximum Gasteiger partial charge on any atom is 0.168 e. The third-order valence-corrected chi connectivity index (χ3v) is 3.85. The van der Waals surface area contributed by atoms with Crippen LogP contribution in [0, 0.1) is 6.92 Å². The summed E-state index contributed by atoms with van der Waals surface area (Å²) in [7, 11) is 1.61. The molecule has 0 aliphatic heterocycles. The van der Waals surface area contributed by atoms with E-state index in [4.69, 9.17) is 15.3 Å². The van der Waals surface area contributed by atoms with Gasteiger partial charge >= 0.3 is 0 Å². The van der Waals surface area contributed by atoms with Gasteiger partial charge in [-0.05, 0) is 50.9 Å². The van der Waals surface area contributed by atoms with Gasteiger partial charge in [-0.2, -0.15) is 0 Å². The number of aromatic nitrogens is 2. The van der Waals surface area contributed by atoms with E-state index in [0.29, 0.717) is 17.4 Å². The van der Waals surface area contributed by atoms with Gasteiger partial charge in [-0.25, -0.2) is 15.8 Å². The van der Waals surface area contributed by atoms with Crippen molar-refractivity contribution < 1.29 is 9.47 Å². The molecule has 0 fully saturated rings. The van der Waals surface area contributed by atoms with E-state index in [1.54, 1.807) is 13.2 Å². The molecule has 0 amide bonds. The van der Waals surface area contributed by atoms with Gasteiger partial charge < -0.3 is 14.9 Å². The molecule has 0 aliphatic carbocycles. The number of anilines is 1. The molecule has 0 atom stereocenters. The van der Waals surface area contributed by atoms with E-state index in [9.17, 15) is 0 Å². The normalized spacial score (nSPS) is 10.3. The van der Waals surface area contributed by atoms with Gasteiger partial charge in [-0.15, -0.1) is 0 Å². The summed E-state index contributed by atoms with van der Waals surface area (Å²) >= 11 is 6.86. The number of nitrogen functional groups attached to an aromatic ring is 1. The molecule has 6 nitrogen and oxygen atoms in total. The highest BCUT2D eigenvalue weighted by Gasteiger charge is 2.09. The molecule has 2 aromatic rings.